The maximum atomic E-state index is 12.9. The van der Waals surface area contributed by atoms with Gasteiger partial charge in [0.15, 0.2) is 5.88 Å². The Morgan fingerprint density at radius 1 is 1.03 bits per heavy atom. The highest BCUT2D eigenvalue weighted by Gasteiger charge is 2.28. The minimum atomic E-state index is -3.93. The van der Waals surface area contributed by atoms with E-state index < -0.39 is 20.0 Å². The Bertz CT molecular complexity index is 1310. The molecule has 0 bridgehead atoms. The first-order valence-corrected chi connectivity index (χ1v) is 12.1. The van der Waals surface area contributed by atoms with E-state index in [1.54, 1.807) is 0 Å². The van der Waals surface area contributed by atoms with Crippen LogP contribution in [-0.4, -0.2) is 74.3 Å². The molecule has 4 rings (SSSR count). The topological polar surface area (TPSA) is 150 Å². The zero-order valence-corrected chi connectivity index (χ0v) is 17.7. The number of likely N-dealkylation sites (N-methyl/N-ethyl adjacent to an activating group) is 1. The van der Waals surface area contributed by atoms with Crippen molar-refractivity contribution in [3.05, 3.63) is 36.5 Å². The predicted octanol–water partition coefficient (Wildman–Crippen LogP) is 0.519. The fraction of sp³-hybridized carbons (Fsp3) is 0.278. The van der Waals surface area contributed by atoms with E-state index in [1.165, 1.54) is 40.8 Å². The molecule has 0 radical (unpaired) electrons. The molecular formula is C18H21N5O5S2. The lowest BCUT2D eigenvalue weighted by molar-refractivity contribution is 0.222. The van der Waals surface area contributed by atoms with E-state index in [9.17, 15) is 21.9 Å². The van der Waals surface area contributed by atoms with Gasteiger partial charge in [-0.05, 0) is 37.4 Å². The van der Waals surface area contributed by atoms with Gasteiger partial charge >= 0.3 is 0 Å². The van der Waals surface area contributed by atoms with Crippen LogP contribution in [0.4, 0.5) is 0 Å². The van der Waals surface area contributed by atoms with Crippen molar-refractivity contribution in [1.29, 1.82) is 0 Å². The third-order valence-electron chi connectivity index (χ3n) is 5.17. The van der Waals surface area contributed by atoms with Crippen LogP contribution in [0, 0.1) is 0 Å². The molecule has 1 aliphatic rings. The summed E-state index contributed by atoms with van der Waals surface area (Å²) in [5, 5.41) is 15.9. The van der Waals surface area contributed by atoms with Gasteiger partial charge in [0, 0.05) is 43.3 Å². The molecule has 0 amide bonds. The molecule has 1 aromatic carbocycles. The third-order valence-corrected chi connectivity index (χ3v) is 7.96. The number of piperazine rings is 1. The van der Waals surface area contributed by atoms with Crippen molar-refractivity contribution < 1.29 is 21.9 Å². The standard InChI is InChI=1S/C18H21N5O5S2/c1-22-6-8-23(9-7-22)30(27,28)13-3-5-16(20-11-13)17-14-10-12(29(19,25)26)2-4-15(14)21-18(17)24/h2-5,10-11,21,24H,6-9H2,1H3,(H2,19,25,26). The van der Waals surface area contributed by atoms with Crippen molar-refractivity contribution in [2.24, 2.45) is 5.14 Å². The van der Waals surface area contributed by atoms with E-state index in [0.29, 0.717) is 42.8 Å². The van der Waals surface area contributed by atoms with Crippen molar-refractivity contribution in [2.45, 2.75) is 9.79 Å². The molecule has 0 unspecified atom stereocenters. The number of aromatic hydroxyl groups is 1. The molecule has 0 aliphatic carbocycles. The average molecular weight is 452 g/mol. The van der Waals surface area contributed by atoms with Crippen LogP contribution in [-0.2, 0) is 20.0 Å². The molecule has 1 saturated heterocycles. The molecule has 0 saturated carbocycles. The normalized spacial score (nSPS) is 16.9. The number of aromatic amines is 1. The Labute approximate surface area is 174 Å². The molecule has 0 spiro atoms. The Hall–Kier alpha value is -2.51. The van der Waals surface area contributed by atoms with Crippen LogP contribution >= 0.6 is 0 Å². The van der Waals surface area contributed by atoms with Gasteiger partial charge in [-0.2, -0.15) is 4.31 Å². The summed E-state index contributed by atoms with van der Waals surface area (Å²) in [6, 6.07) is 7.07. The maximum absolute atomic E-state index is 12.9. The molecule has 0 atom stereocenters. The number of hydrogen-bond acceptors (Lipinski definition) is 7. The van der Waals surface area contributed by atoms with Crippen LogP contribution < -0.4 is 5.14 Å². The Morgan fingerprint density at radius 3 is 2.30 bits per heavy atom. The number of hydrogen-bond donors (Lipinski definition) is 3. The number of H-pyrrole nitrogens is 1. The summed E-state index contributed by atoms with van der Waals surface area (Å²) < 4.78 is 50.5. The quantitative estimate of drug-likeness (QED) is 0.523. The fourth-order valence-electron chi connectivity index (χ4n) is 3.45. The lowest BCUT2D eigenvalue weighted by atomic mass is 10.1. The second kappa shape index (κ2) is 7.32. The SMILES string of the molecule is CN1CCN(S(=O)(=O)c2ccc(-c3c(O)[nH]c4ccc(S(N)(=O)=O)cc34)nc2)CC1. The van der Waals surface area contributed by atoms with E-state index >= 15 is 0 Å². The average Bonchev–Trinajstić information content (AvgIpc) is 3.02. The number of sulfonamides is 2. The molecule has 3 heterocycles. The number of fused-ring (bicyclic) bond motifs is 1. The van der Waals surface area contributed by atoms with E-state index in [1.807, 2.05) is 7.05 Å². The van der Waals surface area contributed by atoms with Gasteiger partial charge in [0.1, 0.15) is 4.90 Å². The van der Waals surface area contributed by atoms with Crippen molar-refractivity contribution >= 4 is 30.9 Å². The number of nitrogens with zero attached hydrogens (tertiary/aromatic N) is 3. The highest BCUT2D eigenvalue weighted by atomic mass is 32.2. The van der Waals surface area contributed by atoms with Gasteiger partial charge in [-0.3, -0.25) is 4.98 Å². The highest BCUT2D eigenvalue weighted by molar-refractivity contribution is 7.89. The van der Waals surface area contributed by atoms with Crippen molar-refractivity contribution in [3.63, 3.8) is 0 Å². The van der Waals surface area contributed by atoms with E-state index in [2.05, 4.69) is 14.9 Å². The molecule has 10 nitrogen and oxygen atoms in total. The summed E-state index contributed by atoms with van der Waals surface area (Å²) in [6.45, 7) is 2.11. The van der Waals surface area contributed by atoms with Gasteiger partial charge in [0.2, 0.25) is 20.0 Å². The monoisotopic (exact) mass is 451 g/mol. The molecule has 30 heavy (non-hydrogen) atoms. The second-order valence-electron chi connectivity index (χ2n) is 7.19. The van der Waals surface area contributed by atoms with Crippen LogP contribution in [0.15, 0.2) is 46.3 Å². The van der Waals surface area contributed by atoms with Crippen molar-refractivity contribution in [3.8, 4) is 17.1 Å². The minimum absolute atomic E-state index is 0.0559. The summed E-state index contributed by atoms with van der Waals surface area (Å²) in [5.41, 5.74) is 1.05. The molecular weight excluding hydrogens is 430 g/mol. The van der Waals surface area contributed by atoms with E-state index in [0.717, 1.165) is 0 Å². The molecule has 1 fully saturated rings. The molecule has 1 aliphatic heterocycles. The lowest BCUT2D eigenvalue weighted by Gasteiger charge is -2.31. The third kappa shape index (κ3) is 3.68. The van der Waals surface area contributed by atoms with E-state index in [-0.39, 0.29) is 21.2 Å². The van der Waals surface area contributed by atoms with Crippen LogP contribution in [0.5, 0.6) is 5.88 Å². The van der Waals surface area contributed by atoms with Gasteiger partial charge in [-0.15, -0.1) is 0 Å². The smallest absolute Gasteiger partial charge is 0.244 e. The number of nitrogens with two attached hydrogens (primary N) is 1. The zero-order chi connectivity index (χ0) is 21.7. The van der Waals surface area contributed by atoms with Crippen LogP contribution in [0.1, 0.15) is 0 Å². The first-order valence-electron chi connectivity index (χ1n) is 9.10. The van der Waals surface area contributed by atoms with Gasteiger partial charge in [0.05, 0.1) is 16.2 Å². The fourth-order valence-corrected chi connectivity index (χ4v) is 5.36. The van der Waals surface area contributed by atoms with Gasteiger partial charge in [-0.1, -0.05) is 0 Å². The van der Waals surface area contributed by atoms with Gasteiger partial charge in [0.25, 0.3) is 0 Å². The number of primary sulfonamides is 1. The summed E-state index contributed by atoms with van der Waals surface area (Å²) in [6.07, 6.45) is 1.24. The zero-order valence-electron chi connectivity index (χ0n) is 16.1. The Balaban J connectivity index is 1.72. The molecule has 3 aromatic rings. The molecule has 2 aromatic heterocycles. The molecule has 4 N–H and O–H groups in total. The van der Waals surface area contributed by atoms with Crippen LogP contribution in [0.3, 0.4) is 0 Å². The Morgan fingerprint density at radius 2 is 1.70 bits per heavy atom. The number of pyridine rings is 1. The molecule has 12 heteroatoms. The largest absolute Gasteiger partial charge is 0.494 e. The summed E-state index contributed by atoms with van der Waals surface area (Å²) in [5.74, 6) is -0.209. The number of benzene rings is 1. The maximum Gasteiger partial charge on any atom is 0.244 e. The summed E-state index contributed by atoms with van der Waals surface area (Å²) in [7, 11) is -5.66. The first-order chi connectivity index (χ1) is 14.1. The van der Waals surface area contributed by atoms with Gasteiger partial charge in [-0.25, -0.2) is 22.0 Å². The molecule has 160 valence electrons. The summed E-state index contributed by atoms with van der Waals surface area (Å²) in [4.78, 5) is 8.98. The van der Waals surface area contributed by atoms with Crippen molar-refractivity contribution in [2.75, 3.05) is 33.2 Å². The predicted molar refractivity (Wildman–Crippen MR) is 111 cm³/mol. The number of rotatable bonds is 4. The van der Waals surface area contributed by atoms with Crippen LogP contribution in [0.2, 0.25) is 0 Å². The van der Waals surface area contributed by atoms with Crippen molar-refractivity contribution in [1.82, 2.24) is 19.2 Å². The highest BCUT2D eigenvalue weighted by Crippen LogP contribution is 2.36. The van der Waals surface area contributed by atoms with E-state index in [4.69, 9.17) is 5.14 Å². The van der Waals surface area contributed by atoms with Gasteiger partial charge < -0.3 is 15.0 Å². The minimum Gasteiger partial charge on any atom is -0.494 e. The Kier molecular flexibility index (Phi) is 5.06. The van der Waals surface area contributed by atoms with Crippen LogP contribution in [0.25, 0.3) is 22.2 Å². The lowest BCUT2D eigenvalue weighted by Crippen LogP contribution is -2.47. The number of aromatic nitrogens is 2. The second-order valence-corrected chi connectivity index (χ2v) is 10.7. The summed E-state index contributed by atoms with van der Waals surface area (Å²) >= 11 is 0. The first kappa shape index (κ1) is 20.8. The number of nitrogens with one attached hydrogen (secondary N) is 1.